The zero-order chi connectivity index (χ0) is 15.7. The van der Waals surface area contributed by atoms with Crippen LogP contribution in [0.1, 0.15) is 41.3 Å². The van der Waals surface area contributed by atoms with Gasteiger partial charge in [0.05, 0.1) is 0 Å². The number of hydrogen-bond donors (Lipinski definition) is 0. The van der Waals surface area contributed by atoms with Gasteiger partial charge >= 0.3 is 0 Å². The molecule has 3 rings (SSSR count). The van der Waals surface area contributed by atoms with Crippen LogP contribution in [0.4, 0.5) is 0 Å². The van der Waals surface area contributed by atoms with Gasteiger partial charge in [0.2, 0.25) is 0 Å². The molecule has 0 spiro atoms. The topological polar surface area (TPSA) is 46.5 Å². The Morgan fingerprint density at radius 2 is 1.77 bits per heavy atom. The second-order valence-electron chi connectivity index (χ2n) is 5.83. The number of nitroso groups, excluding NO2 is 1. The molecule has 1 unspecified atom stereocenters. The van der Waals surface area contributed by atoms with Gasteiger partial charge in [-0.2, -0.15) is 4.91 Å². The first-order chi connectivity index (χ1) is 10.6. The standard InChI is InChI=1S/C18H17NO2S/c1-11(2)12-3-5-14(6-4-12)22-15-7-8-16-13(9-15)10-17(19-21)18(16)20/h3-9,11,17H,10H2,1-2H3. The Labute approximate surface area is 134 Å². The van der Waals surface area contributed by atoms with Crippen LogP contribution in [0, 0.1) is 4.91 Å². The van der Waals surface area contributed by atoms with Gasteiger partial charge in [-0.25, -0.2) is 0 Å². The zero-order valence-electron chi connectivity index (χ0n) is 12.6. The summed E-state index contributed by atoms with van der Waals surface area (Å²) in [7, 11) is 0. The summed E-state index contributed by atoms with van der Waals surface area (Å²) in [5.74, 6) is 0.376. The molecule has 0 saturated carbocycles. The summed E-state index contributed by atoms with van der Waals surface area (Å²) >= 11 is 1.66. The fourth-order valence-corrected chi connectivity index (χ4v) is 3.55. The van der Waals surface area contributed by atoms with Crippen LogP contribution in [0.25, 0.3) is 0 Å². The number of hydrogen-bond acceptors (Lipinski definition) is 4. The van der Waals surface area contributed by atoms with Crippen LogP contribution in [-0.4, -0.2) is 11.8 Å². The van der Waals surface area contributed by atoms with Crippen LogP contribution in [-0.2, 0) is 6.42 Å². The van der Waals surface area contributed by atoms with Crippen molar-refractivity contribution in [3.63, 3.8) is 0 Å². The van der Waals surface area contributed by atoms with Crippen LogP contribution in [0.3, 0.4) is 0 Å². The number of ketones is 1. The summed E-state index contributed by atoms with van der Waals surface area (Å²) in [5, 5.41) is 2.92. The van der Waals surface area contributed by atoms with Crippen molar-refractivity contribution in [1.29, 1.82) is 0 Å². The van der Waals surface area contributed by atoms with Crippen molar-refractivity contribution in [3.8, 4) is 0 Å². The Hall–Kier alpha value is -1.94. The number of rotatable bonds is 4. The summed E-state index contributed by atoms with van der Waals surface area (Å²) in [6, 6.07) is 13.5. The minimum absolute atomic E-state index is 0.150. The maximum atomic E-state index is 11.9. The van der Waals surface area contributed by atoms with Crippen molar-refractivity contribution in [2.75, 3.05) is 0 Å². The summed E-state index contributed by atoms with van der Waals surface area (Å²) < 4.78 is 0. The van der Waals surface area contributed by atoms with Crippen molar-refractivity contribution < 1.29 is 4.79 Å². The Bertz CT molecular complexity index is 722. The van der Waals surface area contributed by atoms with Gasteiger partial charge in [0, 0.05) is 21.8 Å². The third-order valence-electron chi connectivity index (χ3n) is 3.97. The van der Waals surface area contributed by atoms with Gasteiger partial charge in [-0.1, -0.05) is 42.9 Å². The van der Waals surface area contributed by atoms with Gasteiger partial charge < -0.3 is 0 Å². The van der Waals surface area contributed by atoms with Gasteiger partial charge in [0.25, 0.3) is 0 Å². The van der Waals surface area contributed by atoms with E-state index in [0.29, 0.717) is 17.9 Å². The number of benzene rings is 2. The van der Waals surface area contributed by atoms with Crippen LogP contribution < -0.4 is 0 Å². The minimum Gasteiger partial charge on any atom is -0.292 e. The van der Waals surface area contributed by atoms with Crippen molar-refractivity contribution in [2.45, 2.75) is 42.0 Å². The lowest BCUT2D eigenvalue weighted by Gasteiger charge is -2.07. The maximum absolute atomic E-state index is 11.9. The quantitative estimate of drug-likeness (QED) is 0.759. The van der Waals surface area contributed by atoms with E-state index in [0.717, 1.165) is 10.5 Å². The first kappa shape index (κ1) is 15.0. The molecule has 2 aromatic rings. The molecule has 22 heavy (non-hydrogen) atoms. The number of nitrogens with zero attached hydrogens (tertiary/aromatic N) is 1. The van der Waals surface area contributed by atoms with E-state index in [1.807, 2.05) is 18.2 Å². The van der Waals surface area contributed by atoms with Crippen LogP contribution in [0.2, 0.25) is 0 Å². The normalized spacial score (nSPS) is 16.9. The highest BCUT2D eigenvalue weighted by Crippen LogP contribution is 2.33. The van der Waals surface area contributed by atoms with Gasteiger partial charge in [0.1, 0.15) is 0 Å². The van der Waals surface area contributed by atoms with Crippen LogP contribution in [0.5, 0.6) is 0 Å². The van der Waals surface area contributed by atoms with Gasteiger partial charge in [-0.05, 0) is 47.4 Å². The first-order valence-electron chi connectivity index (χ1n) is 7.36. The lowest BCUT2D eigenvalue weighted by atomic mass is 10.0. The fraction of sp³-hybridized carbons (Fsp3) is 0.278. The average molecular weight is 311 g/mol. The molecule has 0 radical (unpaired) electrons. The van der Waals surface area contributed by atoms with E-state index in [4.69, 9.17) is 0 Å². The highest BCUT2D eigenvalue weighted by atomic mass is 32.2. The summed E-state index contributed by atoms with van der Waals surface area (Å²) in [5.41, 5.74) is 2.89. The maximum Gasteiger partial charge on any atom is 0.191 e. The Balaban J connectivity index is 1.80. The molecule has 112 valence electrons. The fourth-order valence-electron chi connectivity index (χ4n) is 2.67. The number of carbonyl (C=O) groups excluding carboxylic acids is 1. The highest BCUT2D eigenvalue weighted by Gasteiger charge is 2.31. The Kier molecular flexibility index (Phi) is 4.12. The molecule has 0 amide bonds. The second kappa shape index (κ2) is 6.05. The van der Waals surface area contributed by atoms with Crippen molar-refractivity contribution in [3.05, 3.63) is 64.1 Å². The lowest BCUT2D eigenvalue weighted by Crippen LogP contribution is -2.11. The van der Waals surface area contributed by atoms with Gasteiger partial charge in [0.15, 0.2) is 11.8 Å². The molecule has 0 fully saturated rings. The molecule has 1 aliphatic carbocycles. The smallest absolute Gasteiger partial charge is 0.191 e. The summed E-state index contributed by atoms with van der Waals surface area (Å²) in [4.78, 5) is 24.8. The van der Waals surface area contributed by atoms with E-state index in [1.54, 1.807) is 11.8 Å². The molecule has 0 aliphatic heterocycles. The number of carbonyl (C=O) groups is 1. The molecule has 1 aliphatic rings. The van der Waals surface area contributed by atoms with Crippen molar-refractivity contribution in [1.82, 2.24) is 0 Å². The second-order valence-corrected chi connectivity index (χ2v) is 6.98. The van der Waals surface area contributed by atoms with E-state index in [-0.39, 0.29) is 5.78 Å². The minimum atomic E-state index is -0.736. The molecule has 0 saturated heterocycles. The highest BCUT2D eigenvalue weighted by molar-refractivity contribution is 7.99. The molecule has 4 heteroatoms. The molecule has 0 N–H and O–H groups in total. The van der Waals surface area contributed by atoms with Gasteiger partial charge in [-0.15, -0.1) is 0 Å². The van der Waals surface area contributed by atoms with E-state index in [2.05, 4.69) is 43.3 Å². The third kappa shape index (κ3) is 2.83. The number of Topliss-reactive ketones (excluding diaryl/α,β-unsaturated/α-hetero) is 1. The Morgan fingerprint density at radius 3 is 2.41 bits per heavy atom. The molecule has 0 bridgehead atoms. The molecule has 0 aromatic heterocycles. The Morgan fingerprint density at radius 1 is 1.09 bits per heavy atom. The van der Waals surface area contributed by atoms with Crippen molar-refractivity contribution in [2.24, 2.45) is 5.18 Å². The predicted molar refractivity (Wildman–Crippen MR) is 88.7 cm³/mol. The van der Waals surface area contributed by atoms with E-state index >= 15 is 0 Å². The van der Waals surface area contributed by atoms with E-state index in [1.165, 1.54) is 10.5 Å². The van der Waals surface area contributed by atoms with Crippen molar-refractivity contribution >= 4 is 17.5 Å². The molecule has 1 atom stereocenters. The number of fused-ring (bicyclic) bond motifs is 1. The van der Waals surface area contributed by atoms with E-state index < -0.39 is 6.04 Å². The SMILES string of the molecule is CC(C)c1ccc(Sc2ccc3c(c2)CC(N=O)C3=O)cc1. The third-order valence-corrected chi connectivity index (χ3v) is 4.97. The van der Waals surface area contributed by atoms with E-state index in [9.17, 15) is 9.70 Å². The molecule has 0 heterocycles. The zero-order valence-corrected chi connectivity index (χ0v) is 13.4. The average Bonchev–Trinajstić information content (AvgIpc) is 2.83. The lowest BCUT2D eigenvalue weighted by molar-refractivity contribution is 0.0975. The van der Waals surface area contributed by atoms with Crippen LogP contribution in [0.15, 0.2) is 57.4 Å². The largest absolute Gasteiger partial charge is 0.292 e. The molecular weight excluding hydrogens is 294 g/mol. The van der Waals surface area contributed by atoms with Crippen LogP contribution >= 0.6 is 11.8 Å². The monoisotopic (exact) mass is 311 g/mol. The predicted octanol–water partition coefficient (Wildman–Crippen LogP) is 4.84. The molecule has 2 aromatic carbocycles. The molecular formula is C18H17NO2S. The summed E-state index contributed by atoms with van der Waals surface area (Å²) in [6.45, 7) is 4.36. The summed E-state index contributed by atoms with van der Waals surface area (Å²) in [6.07, 6.45) is 0.429. The first-order valence-corrected chi connectivity index (χ1v) is 8.17. The molecule has 3 nitrogen and oxygen atoms in total. The van der Waals surface area contributed by atoms with Gasteiger partial charge in [-0.3, -0.25) is 4.79 Å².